The molecule has 1 aromatic carbocycles. The fraction of sp³-hybridized carbons (Fsp3) is 0.438. The number of likely N-dealkylation sites (N-methyl/N-ethyl adjacent to an activating group) is 1. The summed E-state index contributed by atoms with van der Waals surface area (Å²) in [5.74, 6) is -1.71. The first-order valence-corrected chi connectivity index (χ1v) is 8.78. The predicted molar refractivity (Wildman–Crippen MR) is 91.6 cm³/mol. The SMILES string of the molecule is CN[C@H](C(=O)N[C@@H](CC(C)C)C(=O)O)/C(c1ccccc1)=[P+](/[O-])O. The van der Waals surface area contributed by atoms with Gasteiger partial charge in [0.2, 0.25) is 13.9 Å². The minimum absolute atomic E-state index is 0.0132. The summed E-state index contributed by atoms with van der Waals surface area (Å²) in [5, 5.41) is 14.4. The quantitative estimate of drug-likeness (QED) is 0.490. The predicted octanol–water partition coefficient (Wildman–Crippen LogP) is 0.0751. The average Bonchev–Trinajstić information content (AvgIpc) is 2.51. The number of aliphatic carboxylic acids is 1. The monoisotopic (exact) mass is 354 g/mol. The molecule has 0 fully saturated rings. The van der Waals surface area contributed by atoms with Crippen LogP contribution in [0.15, 0.2) is 30.3 Å². The highest BCUT2D eigenvalue weighted by Crippen LogP contribution is 2.18. The van der Waals surface area contributed by atoms with Crippen LogP contribution in [-0.4, -0.2) is 46.3 Å². The molecule has 0 bridgehead atoms. The van der Waals surface area contributed by atoms with Gasteiger partial charge in [-0.25, -0.2) is 4.79 Å². The summed E-state index contributed by atoms with van der Waals surface area (Å²) in [5.41, 5.74) is 0.450. The van der Waals surface area contributed by atoms with Crippen molar-refractivity contribution in [3.63, 3.8) is 0 Å². The fourth-order valence-electron chi connectivity index (χ4n) is 2.34. The van der Waals surface area contributed by atoms with Crippen molar-refractivity contribution in [2.24, 2.45) is 5.92 Å². The number of amides is 1. The lowest BCUT2D eigenvalue weighted by Crippen LogP contribution is -2.53. The summed E-state index contributed by atoms with van der Waals surface area (Å²) in [6.07, 6.45) is 0.267. The summed E-state index contributed by atoms with van der Waals surface area (Å²) in [6.45, 7) is 3.70. The van der Waals surface area contributed by atoms with Gasteiger partial charge in [0.1, 0.15) is 6.04 Å². The first-order chi connectivity index (χ1) is 11.3. The van der Waals surface area contributed by atoms with E-state index in [1.54, 1.807) is 30.3 Å². The molecule has 0 aromatic heterocycles. The van der Waals surface area contributed by atoms with Gasteiger partial charge in [-0.3, -0.25) is 4.79 Å². The molecule has 24 heavy (non-hydrogen) atoms. The van der Waals surface area contributed by atoms with Crippen molar-refractivity contribution in [3.8, 4) is 0 Å². The number of benzene rings is 1. The smallest absolute Gasteiger partial charge is 0.326 e. The lowest BCUT2D eigenvalue weighted by Gasteiger charge is -2.21. The van der Waals surface area contributed by atoms with E-state index in [1.807, 2.05) is 13.8 Å². The van der Waals surface area contributed by atoms with E-state index in [0.29, 0.717) is 5.56 Å². The van der Waals surface area contributed by atoms with Crippen LogP contribution in [0.5, 0.6) is 0 Å². The number of carbonyl (C=O) groups is 2. The number of carboxylic acids is 1. The normalized spacial score (nSPS) is 14.8. The fourth-order valence-corrected chi connectivity index (χ4v) is 3.17. The molecule has 0 saturated carbocycles. The molecule has 0 radical (unpaired) electrons. The first kappa shape index (κ1) is 20.3. The molecule has 0 heterocycles. The van der Waals surface area contributed by atoms with E-state index in [-0.39, 0.29) is 17.6 Å². The minimum Gasteiger partial charge on any atom is -0.603 e. The van der Waals surface area contributed by atoms with E-state index in [1.165, 1.54) is 7.05 Å². The third-order valence-electron chi connectivity index (χ3n) is 3.42. The zero-order chi connectivity index (χ0) is 18.3. The molecule has 1 aromatic rings. The van der Waals surface area contributed by atoms with E-state index in [4.69, 9.17) is 0 Å². The molecule has 0 spiro atoms. The molecule has 1 amide bonds. The van der Waals surface area contributed by atoms with E-state index in [2.05, 4.69) is 10.6 Å². The Labute approximate surface area is 142 Å². The van der Waals surface area contributed by atoms with Crippen LogP contribution in [0.4, 0.5) is 0 Å². The van der Waals surface area contributed by atoms with Gasteiger partial charge in [-0.2, -0.15) is 4.89 Å². The minimum atomic E-state index is -2.78. The van der Waals surface area contributed by atoms with Gasteiger partial charge in [0.25, 0.3) is 0 Å². The maximum atomic E-state index is 12.5. The summed E-state index contributed by atoms with van der Waals surface area (Å²) >= 11 is 0. The zero-order valence-electron chi connectivity index (χ0n) is 13.9. The lowest BCUT2D eigenvalue weighted by molar-refractivity contribution is -0.167. The molecule has 132 valence electrons. The van der Waals surface area contributed by atoms with Gasteiger partial charge >= 0.3 is 5.97 Å². The van der Waals surface area contributed by atoms with Gasteiger partial charge in [-0.1, -0.05) is 44.2 Å². The molecule has 0 aliphatic heterocycles. The molecular weight excluding hydrogens is 331 g/mol. The van der Waals surface area contributed by atoms with Gasteiger partial charge in [0.05, 0.1) is 0 Å². The Balaban J connectivity index is 3.07. The lowest BCUT2D eigenvalue weighted by atomic mass is 10.0. The Morgan fingerprint density at radius 2 is 1.83 bits per heavy atom. The third-order valence-corrected chi connectivity index (χ3v) is 4.35. The van der Waals surface area contributed by atoms with Crippen molar-refractivity contribution in [2.75, 3.05) is 7.05 Å². The number of hydrogen-bond donors (Lipinski definition) is 4. The van der Waals surface area contributed by atoms with Crippen molar-refractivity contribution in [1.82, 2.24) is 10.6 Å². The summed E-state index contributed by atoms with van der Waals surface area (Å²) in [6, 6.07) is 6.23. The van der Waals surface area contributed by atoms with Crippen LogP contribution >= 0.6 is 8.00 Å². The highest BCUT2D eigenvalue weighted by Gasteiger charge is 2.32. The second-order valence-corrected chi connectivity index (χ2v) is 6.80. The van der Waals surface area contributed by atoms with Crippen LogP contribution in [0.25, 0.3) is 0 Å². The molecule has 0 aliphatic rings. The maximum absolute atomic E-state index is 12.5. The van der Waals surface area contributed by atoms with Gasteiger partial charge in [0.15, 0.2) is 11.3 Å². The average molecular weight is 354 g/mol. The Morgan fingerprint density at radius 3 is 2.25 bits per heavy atom. The standard InChI is InChI=1S/C16H23N2O5P/c1-10(2)9-12(16(20)21)18-15(19)13(17-3)14(24(22)23)11-7-5-4-6-8-11/h4-8,10,12-13,17H,9H2,1-3H3,(H,18,19)(H,20,21)(H,22,23)/t12-,13-/m0/s1. The van der Waals surface area contributed by atoms with Gasteiger partial charge in [0, 0.05) is 5.56 Å². The number of rotatable bonds is 8. The van der Waals surface area contributed by atoms with Crippen LogP contribution in [0.2, 0.25) is 0 Å². The first-order valence-electron chi connectivity index (χ1n) is 7.56. The van der Waals surface area contributed by atoms with Gasteiger partial charge in [-0.15, -0.1) is 0 Å². The Morgan fingerprint density at radius 1 is 1.25 bits per heavy atom. The van der Waals surface area contributed by atoms with E-state index in [9.17, 15) is 24.5 Å². The molecular formula is C16H23N2O5P. The molecule has 0 aliphatic carbocycles. The third kappa shape index (κ3) is 5.69. The zero-order valence-corrected chi connectivity index (χ0v) is 14.8. The molecule has 3 atom stereocenters. The van der Waals surface area contributed by atoms with Crippen LogP contribution < -0.4 is 15.5 Å². The highest BCUT2D eigenvalue weighted by molar-refractivity contribution is 7.46. The Bertz CT molecular complexity index is 600. The van der Waals surface area contributed by atoms with Crippen molar-refractivity contribution in [2.45, 2.75) is 32.4 Å². The molecule has 0 saturated heterocycles. The maximum Gasteiger partial charge on any atom is 0.326 e. The molecule has 8 heteroatoms. The largest absolute Gasteiger partial charge is 0.603 e. The van der Waals surface area contributed by atoms with E-state index >= 15 is 0 Å². The van der Waals surface area contributed by atoms with E-state index < -0.39 is 32.0 Å². The van der Waals surface area contributed by atoms with Crippen LogP contribution in [0.3, 0.4) is 0 Å². The highest BCUT2D eigenvalue weighted by atomic mass is 31.1. The van der Waals surface area contributed by atoms with Crippen LogP contribution in [0, 0.1) is 5.92 Å². The number of carboxylic acid groups (broad SMARTS) is 1. The second-order valence-electron chi connectivity index (χ2n) is 5.77. The topological polar surface area (TPSA) is 122 Å². The van der Waals surface area contributed by atoms with Crippen LogP contribution in [-0.2, 0) is 9.59 Å². The Kier molecular flexibility index (Phi) is 8.01. The van der Waals surface area contributed by atoms with Gasteiger partial charge < -0.3 is 20.6 Å². The van der Waals surface area contributed by atoms with E-state index in [0.717, 1.165) is 0 Å². The van der Waals surface area contributed by atoms with Crippen molar-refractivity contribution in [3.05, 3.63) is 35.9 Å². The Hall–Kier alpha value is -1.79. The molecule has 7 nitrogen and oxygen atoms in total. The van der Waals surface area contributed by atoms with Crippen molar-refractivity contribution in [1.29, 1.82) is 0 Å². The number of hydrogen-bond acceptors (Lipinski definition) is 5. The molecule has 4 N–H and O–H groups in total. The number of carbonyl (C=O) groups excluding carboxylic acids is 1. The second kappa shape index (κ2) is 9.49. The molecule has 1 rings (SSSR count). The van der Waals surface area contributed by atoms with Gasteiger partial charge in [-0.05, 0) is 19.4 Å². The summed E-state index contributed by atoms with van der Waals surface area (Å²) in [7, 11) is -1.30. The van der Waals surface area contributed by atoms with Crippen LogP contribution in [0.1, 0.15) is 25.8 Å². The van der Waals surface area contributed by atoms with Crippen molar-refractivity contribution < 1.29 is 24.5 Å². The molecule has 1 unspecified atom stereocenters. The summed E-state index contributed by atoms with van der Waals surface area (Å²) in [4.78, 5) is 45.2. The number of nitrogens with one attached hydrogen (secondary N) is 2. The summed E-state index contributed by atoms with van der Waals surface area (Å²) < 4.78 is 0. The van der Waals surface area contributed by atoms with Crippen molar-refractivity contribution >= 4 is 25.2 Å².